The maximum absolute atomic E-state index is 10.9. The van der Waals surface area contributed by atoms with Crippen molar-refractivity contribution in [1.29, 1.82) is 0 Å². The highest BCUT2D eigenvalue weighted by Crippen LogP contribution is 2.27. The number of ether oxygens (including phenoxy) is 1. The summed E-state index contributed by atoms with van der Waals surface area (Å²) >= 11 is 0. The van der Waals surface area contributed by atoms with Gasteiger partial charge in [-0.15, -0.1) is 0 Å². The first kappa shape index (κ1) is 12.6. The molecule has 0 aliphatic carbocycles. The summed E-state index contributed by atoms with van der Waals surface area (Å²) in [6.07, 6.45) is 0.973. The Morgan fingerprint density at radius 3 is 2.89 bits per heavy atom. The molecule has 1 aliphatic rings. The van der Waals surface area contributed by atoms with E-state index in [0.29, 0.717) is 18.1 Å². The molecule has 1 fully saturated rings. The van der Waals surface area contributed by atoms with Crippen LogP contribution >= 0.6 is 0 Å². The number of nitrogens with zero attached hydrogens (tertiary/aromatic N) is 2. The van der Waals surface area contributed by atoms with E-state index < -0.39 is 5.97 Å². The number of hydrogen-bond acceptors (Lipinski definition) is 5. The van der Waals surface area contributed by atoms with Crippen LogP contribution in [0, 0.1) is 0 Å². The van der Waals surface area contributed by atoms with E-state index in [9.17, 15) is 4.79 Å². The van der Waals surface area contributed by atoms with E-state index in [1.807, 2.05) is 18.9 Å². The van der Waals surface area contributed by atoms with E-state index in [1.54, 1.807) is 6.07 Å². The highest BCUT2D eigenvalue weighted by molar-refractivity contribution is 5.87. The molecule has 0 aromatic carbocycles. The molecule has 98 valence electrons. The average Bonchev–Trinajstić information content (AvgIpc) is 2.75. The molecule has 0 amide bonds. The zero-order valence-electron chi connectivity index (χ0n) is 10.5. The minimum absolute atomic E-state index is 0.00221. The number of nitrogens with two attached hydrogens (primary N) is 1. The Morgan fingerprint density at radius 2 is 2.33 bits per heavy atom. The number of aromatic carboxylic acids is 1. The molecule has 1 aromatic rings. The molecule has 3 N–H and O–H groups in total. The second-order valence-corrected chi connectivity index (χ2v) is 4.46. The van der Waals surface area contributed by atoms with Crippen LogP contribution in [0.3, 0.4) is 0 Å². The summed E-state index contributed by atoms with van der Waals surface area (Å²) in [5.74, 6) is -0.558. The van der Waals surface area contributed by atoms with Crippen LogP contribution in [-0.4, -0.2) is 41.9 Å². The molecule has 2 unspecified atom stereocenters. The molecule has 0 radical (unpaired) electrons. The third kappa shape index (κ3) is 2.24. The molecule has 1 aromatic heterocycles. The second kappa shape index (κ2) is 4.81. The van der Waals surface area contributed by atoms with Crippen LogP contribution in [0.4, 0.5) is 11.5 Å². The third-order valence-corrected chi connectivity index (χ3v) is 3.29. The highest BCUT2D eigenvalue weighted by Gasteiger charge is 2.29. The monoisotopic (exact) mass is 251 g/mol. The van der Waals surface area contributed by atoms with E-state index in [1.165, 1.54) is 6.07 Å². The Bertz CT molecular complexity index is 464. The van der Waals surface area contributed by atoms with Crippen LogP contribution in [0.15, 0.2) is 12.1 Å². The predicted octanol–water partition coefficient (Wildman–Crippen LogP) is 0.976. The van der Waals surface area contributed by atoms with Crippen molar-refractivity contribution in [2.75, 3.05) is 24.3 Å². The number of nitrogen functional groups attached to an aromatic ring is 1. The Labute approximate surface area is 105 Å². The first-order chi connectivity index (χ1) is 8.50. The predicted molar refractivity (Wildman–Crippen MR) is 67.8 cm³/mol. The van der Waals surface area contributed by atoms with Gasteiger partial charge in [-0.3, -0.25) is 0 Å². The maximum Gasteiger partial charge on any atom is 0.354 e. The van der Waals surface area contributed by atoms with Gasteiger partial charge in [0.15, 0.2) is 11.5 Å². The van der Waals surface area contributed by atoms with Crippen molar-refractivity contribution in [2.24, 2.45) is 0 Å². The summed E-state index contributed by atoms with van der Waals surface area (Å²) in [5, 5.41) is 8.95. The van der Waals surface area contributed by atoms with Crippen molar-refractivity contribution in [3.63, 3.8) is 0 Å². The smallest absolute Gasteiger partial charge is 0.354 e. The molecule has 1 aliphatic heterocycles. The number of rotatable bonds is 3. The first-order valence-electron chi connectivity index (χ1n) is 5.85. The van der Waals surface area contributed by atoms with E-state index in [-0.39, 0.29) is 17.8 Å². The molecular weight excluding hydrogens is 234 g/mol. The fourth-order valence-corrected chi connectivity index (χ4v) is 2.25. The third-order valence-electron chi connectivity index (χ3n) is 3.29. The lowest BCUT2D eigenvalue weighted by atomic mass is 10.1. The van der Waals surface area contributed by atoms with Gasteiger partial charge in [-0.05, 0) is 25.5 Å². The van der Waals surface area contributed by atoms with Gasteiger partial charge in [-0.25, -0.2) is 9.78 Å². The van der Waals surface area contributed by atoms with Crippen LogP contribution in [-0.2, 0) is 4.74 Å². The lowest BCUT2D eigenvalue weighted by Crippen LogP contribution is -2.37. The van der Waals surface area contributed by atoms with Crippen LogP contribution in [0.2, 0.25) is 0 Å². The fraction of sp³-hybridized carbons (Fsp3) is 0.500. The average molecular weight is 251 g/mol. The lowest BCUT2D eigenvalue weighted by molar-refractivity contribution is 0.0690. The molecule has 6 heteroatoms. The molecule has 2 heterocycles. The van der Waals surface area contributed by atoms with E-state index >= 15 is 0 Å². The molecule has 0 saturated carbocycles. The number of pyridine rings is 1. The summed E-state index contributed by atoms with van der Waals surface area (Å²) in [7, 11) is 1.86. The molecule has 6 nitrogen and oxygen atoms in total. The highest BCUT2D eigenvalue weighted by atomic mass is 16.5. The first-order valence-corrected chi connectivity index (χ1v) is 5.85. The summed E-state index contributed by atoms with van der Waals surface area (Å²) in [5.41, 5.74) is 6.34. The van der Waals surface area contributed by atoms with Gasteiger partial charge < -0.3 is 20.5 Å². The number of carboxylic acids is 1. The van der Waals surface area contributed by atoms with Gasteiger partial charge in [0, 0.05) is 13.7 Å². The van der Waals surface area contributed by atoms with Gasteiger partial charge >= 0.3 is 5.97 Å². The number of carboxylic acid groups (broad SMARTS) is 1. The van der Waals surface area contributed by atoms with Gasteiger partial charge in [0.2, 0.25) is 0 Å². The molecular formula is C12H17N3O3. The van der Waals surface area contributed by atoms with Gasteiger partial charge in [0.25, 0.3) is 0 Å². The van der Waals surface area contributed by atoms with Crippen LogP contribution in [0.5, 0.6) is 0 Å². The fourth-order valence-electron chi connectivity index (χ4n) is 2.25. The number of aromatic nitrogens is 1. The summed E-state index contributed by atoms with van der Waals surface area (Å²) in [6, 6.07) is 3.15. The van der Waals surface area contributed by atoms with Gasteiger partial charge in [-0.2, -0.15) is 0 Å². The summed E-state index contributed by atoms with van der Waals surface area (Å²) in [4.78, 5) is 16.9. The Kier molecular flexibility index (Phi) is 3.38. The van der Waals surface area contributed by atoms with Gasteiger partial charge in [0.05, 0.1) is 17.8 Å². The normalized spacial score (nSPS) is 23.0. The Balaban J connectivity index is 2.31. The van der Waals surface area contributed by atoms with Gasteiger partial charge in [-0.1, -0.05) is 0 Å². The Hall–Kier alpha value is -1.82. The van der Waals surface area contributed by atoms with Crippen molar-refractivity contribution in [3.05, 3.63) is 17.8 Å². The SMILES string of the molecule is CC1OCCC1N(C)c1nc(C(=O)O)ccc1N. The van der Waals surface area contributed by atoms with E-state index in [0.717, 1.165) is 6.42 Å². The van der Waals surface area contributed by atoms with Crippen LogP contribution in [0.1, 0.15) is 23.8 Å². The standard InChI is InChI=1S/C12H17N3O3/c1-7-10(5-6-18-7)15(2)11-8(13)3-4-9(14-11)12(16)17/h3-4,7,10H,5-6,13H2,1-2H3,(H,16,17). The van der Waals surface area contributed by atoms with Crippen molar-refractivity contribution < 1.29 is 14.6 Å². The van der Waals surface area contributed by atoms with Crippen molar-refractivity contribution in [3.8, 4) is 0 Å². The quantitative estimate of drug-likeness (QED) is 0.832. The van der Waals surface area contributed by atoms with E-state index in [2.05, 4.69) is 4.98 Å². The maximum atomic E-state index is 10.9. The minimum Gasteiger partial charge on any atom is -0.477 e. The second-order valence-electron chi connectivity index (χ2n) is 4.46. The zero-order chi connectivity index (χ0) is 13.3. The van der Waals surface area contributed by atoms with Crippen LogP contribution < -0.4 is 10.6 Å². The van der Waals surface area contributed by atoms with Crippen molar-refractivity contribution in [2.45, 2.75) is 25.5 Å². The van der Waals surface area contributed by atoms with Gasteiger partial charge in [0.1, 0.15) is 0 Å². The number of likely N-dealkylation sites (N-methyl/N-ethyl adjacent to an activating group) is 1. The minimum atomic E-state index is -1.06. The molecule has 0 spiro atoms. The topological polar surface area (TPSA) is 88.7 Å². The molecule has 0 bridgehead atoms. The summed E-state index contributed by atoms with van der Waals surface area (Å²) in [6.45, 7) is 2.69. The number of hydrogen-bond donors (Lipinski definition) is 2. The van der Waals surface area contributed by atoms with Crippen molar-refractivity contribution in [1.82, 2.24) is 4.98 Å². The largest absolute Gasteiger partial charge is 0.477 e. The number of anilines is 2. The Morgan fingerprint density at radius 1 is 1.61 bits per heavy atom. The lowest BCUT2D eigenvalue weighted by Gasteiger charge is -2.28. The van der Waals surface area contributed by atoms with Crippen molar-refractivity contribution >= 4 is 17.5 Å². The zero-order valence-corrected chi connectivity index (χ0v) is 10.5. The molecule has 2 atom stereocenters. The summed E-state index contributed by atoms with van der Waals surface area (Å²) < 4.78 is 5.50. The van der Waals surface area contributed by atoms with E-state index in [4.69, 9.17) is 15.6 Å². The molecule has 2 rings (SSSR count). The number of carbonyl (C=O) groups is 1. The van der Waals surface area contributed by atoms with Crippen LogP contribution in [0.25, 0.3) is 0 Å². The molecule has 1 saturated heterocycles. The molecule has 18 heavy (non-hydrogen) atoms.